The van der Waals surface area contributed by atoms with Crippen LogP contribution in [0.4, 0.5) is 5.69 Å². The number of halogens is 1. The maximum absolute atomic E-state index is 12.5. The molecule has 0 aliphatic heterocycles. The van der Waals surface area contributed by atoms with Gasteiger partial charge in [0.1, 0.15) is 5.75 Å². The van der Waals surface area contributed by atoms with Crippen LogP contribution in [0.15, 0.2) is 71.8 Å². The van der Waals surface area contributed by atoms with Crippen LogP contribution in [-0.4, -0.2) is 38.4 Å². The van der Waals surface area contributed by atoms with Crippen molar-refractivity contribution in [3.8, 4) is 17.2 Å². The largest absolute Gasteiger partial charge is 0.493 e. The van der Waals surface area contributed by atoms with Crippen LogP contribution >= 0.6 is 11.6 Å². The number of para-hydroxylation sites is 1. The Bertz CT molecular complexity index is 1170. The molecule has 0 aliphatic carbocycles. The first-order valence-electron chi connectivity index (χ1n) is 10.4. The molecule has 0 heterocycles. The van der Waals surface area contributed by atoms with Crippen molar-refractivity contribution < 1.29 is 23.8 Å². The number of carbonyl (C=O) groups is 2. The number of hydrazone groups is 1. The fraction of sp³-hybridized carbons (Fsp3) is 0.160. The van der Waals surface area contributed by atoms with Gasteiger partial charge in [0, 0.05) is 21.8 Å². The molecule has 0 spiro atoms. The lowest BCUT2D eigenvalue weighted by atomic mass is 10.2. The maximum atomic E-state index is 12.5. The summed E-state index contributed by atoms with van der Waals surface area (Å²) in [6, 6.07) is 18.8. The first kappa shape index (κ1) is 24.6. The van der Waals surface area contributed by atoms with Gasteiger partial charge >= 0.3 is 0 Å². The van der Waals surface area contributed by atoms with Crippen LogP contribution in [0.5, 0.6) is 17.2 Å². The van der Waals surface area contributed by atoms with E-state index in [1.165, 1.54) is 13.3 Å². The molecule has 8 nitrogen and oxygen atoms in total. The molecule has 34 heavy (non-hydrogen) atoms. The number of benzene rings is 3. The van der Waals surface area contributed by atoms with Crippen molar-refractivity contribution >= 4 is 35.3 Å². The number of carbonyl (C=O) groups excluding carboxylic acids is 2. The van der Waals surface area contributed by atoms with Crippen LogP contribution in [0, 0.1) is 0 Å². The summed E-state index contributed by atoms with van der Waals surface area (Å²) in [6.07, 6.45) is 1.39. The third-order valence-electron chi connectivity index (χ3n) is 4.48. The lowest BCUT2D eigenvalue weighted by molar-refractivity contribution is -0.118. The minimum absolute atomic E-state index is 0.213. The fourth-order valence-electron chi connectivity index (χ4n) is 2.92. The summed E-state index contributed by atoms with van der Waals surface area (Å²) in [7, 11) is 1.50. The van der Waals surface area contributed by atoms with Gasteiger partial charge in [0.25, 0.3) is 11.8 Å². The Morgan fingerprint density at radius 3 is 2.47 bits per heavy atom. The zero-order chi connectivity index (χ0) is 24.3. The number of nitrogens with zero attached hydrogens (tertiary/aromatic N) is 1. The molecule has 2 N–H and O–H groups in total. The molecule has 0 radical (unpaired) electrons. The Hall–Kier alpha value is -4.04. The molecule has 0 aromatic heterocycles. The highest BCUT2D eigenvalue weighted by atomic mass is 35.5. The average molecular weight is 482 g/mol. The van der Waals surface area contributed by atoms with Crippen LogP contribution in [0.2, 0.25) is 5.02 Å². The van der Waals surface area contributed by atoms with E-state index in [1.54, 1.807) is 48.5 Å². The maximum Gasteiger partial charge on any atom is 0.271 e. The van der Waals surface area contributed by atoms with Gasteiger partial charge in [-0.15, -0.1) is 0 Å². The second-order valence-corrected chi connectivity index (χ2v) is 7.32. The topological polar surface area (TPSA) is 98.3 Å². The first-order valence-corrected chi connectivity index (χ1v) is 10.8. The van der Waals surface area contributed by atoms with Crippen LogP contribution in [0.1, 0.15) is 22.8 Å². The average Bonchev–Trinajstić information content (AvgIpc) is 2.84. The Morgan fingerprint density at radius 1 is 0.971 bits per heavy atom. The van der Waals surface area contributed by atoms with E-state index in [-0.39, 0.29) is 12.5 Å². The highest BCUT2D eigenvalue weighted by Gasteiger charge is 2.11. The van der Waals surface area contributed by atoms with Crippen molar-refractivity contribution in [3.63, 3.8) is 0 Å². The van der Waals surface area contributed by atoms with Crippen molar-refractivity contribution in [2.45, 2.75) is 6.92 Å². The number of nitrogens with one attached hydrogen (secondary N) is 2. The van der Waals surface area contributed by atoms with E-state index in [4.69, 9.17) is 25.8 Å². The predicted molar refractivity (Wildman–Crippen MR) is 131 cm³/mol. The van der Waals surface area contributed by atoms with Gasteiger partial charge < -0.3 is 19.5 Å². The zero-order valence-electron chi connectivity index (χ0n) is 18.7. The minimum Gasteiger partial charge on any atom is -0.493 e. The molecule has 3 aromatic carbocycles. The molecule has 0 bridgehead atoms. The molecule has 0 aliphatic rings. The predicted octanol–water partition coefficient (Wildman–Crippen LogP) is 4.53. The minimum atomic E-state index is -0.440. The van der Waals surface area contributed by atoms with E-state index in [2.05, 4.69) is 15.8 Å². The van der Waals surface area contributed by atoms with Gasteiger partial charge in [0.15, 0.2) is 18.1 Å². The van der Waals surface area contributed by atoms with E-state index in [9.17, 15) is 9.59 Å². The van der Waals surface area contributed by atoms with E-state index in [1.807, 2.05) is 25.1 Å². The summed E-state index contributed by atoms with van der Waals surface area (Å²) < 4.78 is 16.4. The van der Waals surface area contributed by atoms with Crippen molar-refractivity contribution in [1.82, 2.24) is 5.43 Å². The lowest BCUT2D eigenvalue weighted by Crippen LogP contribution is -2.20. The summed E-state index contributed by atoms with van der Waals surface area (Å²) in [5.74, 6) is 0.610. The first-order chi connectivity index (χ1) is 16.5. The molecule has 0 saturated carbocycles. The van der Waals surface area contributed by atoms with Gasteiger partial charge in [-0.1, -0.05) is 29.8 Å². The van der Waals surface area contributed by atoms with E-state index >= 15 is 0 Å². The van der Waals surface area contributed by atoms with Crippen molar-refractivity contribution in [2.75, 3.05) is 25.6 Å². The van der Waals surface area contributed by atoms with E-state index in [0.29, 0.717) is 45.7 Å². The third kappa shape index (κ3) is 6.98. The van der Waals surface area contributed by atoms with Crippen LogP contribution in [0.25, 0.3) is 0 Å². The second kappa shape index (κ2) is 12.3. The second-order valence-electron chi connectivity index (χ2n) is 6.88. The molecule has 176 valence electrons. The number of amides is 2. The molecule has 0 atom stereocenters. The molecule has 3 rings (SSSR count). The number of hydrogen-bond donors (Lipinski definition) is 2. The Morgan fingerprint density at radius 2 is 1.74 bits per heavy atom. The third-order valence-corrected chi connectivity index (χ3v) is 4.72. The Kier molecular flexibility index (Phi) is 8.88. The Balaban J connectivity index is 1.63. The monoisotopic (exact) mass is 481 g/mol. The summed E-state index contributed by atoms with van der Waals surface area (Å²) in [5, 5.41) is 7.18. The van der Waals surface area contributed by atoms with Crippen LogP contribution < -0.4 is 25.0 Å². The van der Waals surface area contributed by atoms with E-state index < -0.39 is 5.91 Å². The van der Waals surface area contributed by atoms with Gasteiger partial charge in [-0.05, 0) is 55.5 Å². The van der Waals surface area contributed by atoms with Gasteiger partial charge in [0.2, 0.25) is 0 Å². The van der Waals surface area contributed by atoms with Gasteiger partial charge in [0.05, 0.1) is 19.9 Å². The molecule has 2 amide bonds. The summed E-state index contributed by atoms with van der Waals surface area (Å²) in [5.41, 5.74) is 3.96. The summed E-state index contributed by atoms with van der Waals surface area (Å²) in [4.78, 5) is 24.7. The highest BCUT2D eigenvalue weighted by Crippen LogP contribution is 2.28. The standard InChI is InChI=1S/C25H24ClN3O5/c1-3-33-22-11-9-17(14-23(22)32-2)25(31)29-27-15-18-13-19(26)10-12-21(18)34-16-24(30)28-20-7-5-4-6-8-20/h4-15H,3,16H2,1-2H3,(H,28,30)(H,29,31)/b27-15+. The number of rotatable bonds is 10. The van der Waals surface area contributed by atoms with Crippen molar-refractivity contribution in [1.29, 1.82) is 0 Å². The molecular weight excluding hydrogens is 458 g/mol. The molecule has 0 saturated heterocycles. The highest BCUT2D eigenvalue weighted by molar-refractivity contribution is 6.30. The SMILES string of the molecule is CCOc1ccc(C(=O)N/N=C/c2cc(Cl)ccc2OCC(=O)Nc2ccccc2)cc1OC. The molecule has 0 fully saturated rings. The lowest BCUT2D eigenvalue weighted by Gasteiger charge is -2.11. The quantitative estimate of drug-likeness (QED) is 0.327. The van der Waals surface area contributed by atoms with Crippen molar-refractivity contribution in [2.24, 2.45) is 5.10 Å². The normalized spacial score (nSPS) is 10.6. The van der Waals surface area contributed by atoms with Gasteiger partial charge in [-0.2, -0.15) is 5.10 Å². The summed E-state index contributed by atoms with van der Waals surface area (Å²) in [6.45, 7) is 2.12. The number of ether oxygens (including phenoxy) is 3. The molecular formula is C25H24ClN3O5. The number of anilines is 1. The van der Waals surface area contributed by atoms with Crippen LogP contribution in [-0.2, 0) is 4.79 Å². The Labute approximate surface area is 202 Å². The van der Waals surface area contributed by atoms with E-state index in [0.717, 1.165) is 0 Å². The molecule has 3 aromatic rings. The van der Waals surface area contributed by atoms with Crippen LogP contribution in [0.3, 0.4) is 0 Å². The number of hydrogen-bond acceptors (Lipinski definition) is 6. The molecule has 9 heteroatoms. The fourth-order valence-corrected chi connectivity index (χ4v) is 3.10. The summed E-state index contributed by atoms with van der Waals surface area (Å²) >= 11 is 6.09. The van der Waals surface area contributed by atoms with Crippen molar-refractivity contribution in [3.05, 3.63) is 82.9 Å². The molecule has 0 unspecified atom stereocenters. The van der Waals surface area contributed by atoms with Gasteiger partial charge in [-0.25, -0.2) is 5.43 Å². The smallest absolute Gasteiger partial charge is 0.271 e. The number of methoxy groups -OCH3 is 1. The zero-order valence-corrected chi connectivity index (χ0v) is 19.5. The van der Waals surface area contributed by atoms with Gasteiger partial charge in [-0.3, -0.25) is 9.59 Å².